The maximum atomic E-state index is 13.0. The summed E-state index contributed by atoms with van der Waals surface area (Å²) in [4.78, 5) is 25.0. The Kier molecular flexibility index (Phi) is 8.37. The number of benzene rings is 1. The third-order valence-electron chi connectivity index (χ3n) is 7.48. The molecule has 0 spiro atoms. The molecule has 38 heavy (non-hydrogen) atoms. The van der Waals surface area contributed by atoms with Crippen LogP contribution in [0.15, 0.2) is 30.6 Å². The van der Waals surface area contributed by atoms with Crippen molar-refractivity contribution in [2.24, 2.45) is 5.41 Å². The Bertz CT molecular complexity index is 1140. The summed E-state index contributed by atoms with van der Waals surface area (Å²) in [6.45, 7) is 9.11. The van der Waals surface area contributed by atoms with Crippen LogP contribution in [0.25, 0.3) is 0 Å². The van der Waals surface area contributed by atoms with Gasteiger partial charge in [-0.1, -0.05) is 24.6 Å². The van der Waals surface area contributed by atoms with Gasteiger partial charge in [0, 0.05) is 30.5 Å². The summed E-state index contributed by atoms with van der Waals surface area (Å²) in [5, 5.41) is 20.9. The standard InChI is InChI=1S/C27H37ClN4O6/c1-17(33)27(4)15-32(25(34)8-9-37-26(2,3)35)14-20(27)18-6-7-21(36-5)22(10-18)38-19-12-31(13-19)24-11-23(28)29-16-30-24/h6-7,10-11,16-17,19-20,33,35H,8-9,12-15H2,1-5H3/t17-,20+,27+/m1/s1. The number of ether oxygens (including phenoxy) is 3. The van der Waals surface area contributed by atoms with E-state index in [1.165, 1.54) is 20.2 Å². The highest BCUT2D eigenvalue weighted by Crippen LogP contribution is 2.47. The molecule has 1 aromatic carbocycles. The first-order valence-electron chi connectivity index (χ1n) is 12.8. The predicted octanol–water partition coefficient (Wildman–Crippen LogP) is 2.85. The van der Waals surface area contributed by atoms with Crippen LogP contribution >= 0.6 is 11.6 Å². The second-order valence-electron chi connectivity index (χ2n) is 10.8. The number of hydrogen-bond donors (Lipinski definition) is 2. The van der Waals surface area contributed by atoms with E-state index in [1.807, 2.05) is 25.1 Å². The highest BCUT2D eigenvalue weighted by Gasteiger charge is 2.48. The van der Waals surface area contributed by atoms with E-state index >= 15 is 0 Å². The molecule has 10 nitrogen and oxygen atoms in total. The van der Waals surface area contributed by atoms with Crippen molar-refractivity contribution >= 4 is 23.3 Å². The minimum absolute atomic E-state index is 0.0616. The van der Waals surface area contributed by atoms with Gasteiger partial charge in [0.2, 0.25) is 5.91 Å². The number of nitrogens with zero attached hydrogens (tertiary/aromatic N) is 4. The van der Waals surface area contributed by atoms with Gasteiger partial charge >= 0.3 is 0 Å². The van der Waals surface area contributed by atoms with Crippen LogP contribution in [0, 0.1) is 5.41 Å². The molecule has 4 rings (SSSR count). The molecule has 2 fully saturated rings. The van der Waals surface area contributed by atoms with Crippen LogP contribution in [0.4, 0.5) is 5.82 Å². The smallest absolute Gasteiger partial charge is 0.224 e. The van der Waals surface area contributed by atoms with E-state index in [-0.39, 0.29) is 31.0 Å². The highest BCUT2D eigenvalue weighted by atomic mass is 35.5. The average molecular weight is 549 g/mol. The number of amides is 1. The minimum Gasteiger partial charge on any atom is -0.493 e. The van der Waals surface area contributed by atoms with E-state index in [2.05, 4.69) is 14.9 Å². The third kappa shape index (κ3) is 6.31. The lowest BCUT2D eigenvalue weighted by molar-refractivity contribution is -0.178. The number of aromatic nitrogens is 2. The van der Waals surface area contributed by atoms with Gasteiger partial charge < -0.3 is 34.2 Å². The van der Waals surface area contributed by atoms with Crippen LogP contribution in [0.2, 0.25) is 5.15 Å². The fourth-order valence-electron chi connectivity index (χ4n) is 5.04. The number of halogens is 1. The molecule has 208 valence electrons. The van der Waals surface area contributed by atoms with Crippen LogP contribution in [-0.4, -0.2) is 88.9 Å². The number of carbonyl (C=O) groups is 1. The SMILES string of the molecule is COc1ccc([C@@H]2CN(C(=O)CCOC(C)(C)O)C[C@@]2(C)[C@@H](C)O)cc1OC1CN(c2cc(Cl)ncn2)C1. The Labute approximate surface area is 228 Å². The lowest BCUT2D eigenvalue weighted by Gasteiger charge is -2.40. The summed E-state index contributed by atoms with van der Waals surface area (Å²) in [6.07, 6.45) is 0.880. The van der Waals surface area contributed by atoms with Gasteiger partial charge in [-0.05, 0) is 38.5 Å². The van der Waals surface area contributed by atoms with Gasteiger partial charge in [0.1, 0.15) is 23.4 Å². The molecule has 1 amide bonds. The van der Waals surface area contributed by atoms with E-state index in [9.17, 15) is 15.0 Å². The molecular formula is C27H37ClN4O6. The normalized spacial score (nSPS) is 22.8. The van der Waals surface area contributed by atoms with E-state index in [4.69, 9.17) is 25.8 Å². The van der Waals surface area contributed by atoms with Gasteiger partial charge in [-0.3, -0.25) is 4.79 Å². The van der Waals surface area contributed by atoms with Crippen molar-refractivity contribution < 1.29 is 29.2 Å². The van der Waals surface area contributed by atoms with Gasteiger partial charge in [0.05, 0.1) is 39.3 Å². The van der Waals surface area contributed by atoms with E-state index in [1.54, 1.807) is 25.0 Å². The van der Waals surface area contributed by atoms with Gasteiger partial charge in [-0.2, -0.15) is 0 Å². The predicted molar refractivity (Wildman–Crippen MR) is 143 cm³/mol. The fourth-order valence-corrected chi connectivity index (χ4v) is 5.18. The summed E-state index contributed by atoms with van der Waals surface area (Å²) in [7, 11) is 1.60. The number of carbonyl (C=O) groups excluding carboxylic acids is 1. The first-order valence-corrected chi connectivity index (χ1v) is 13.2. The van der Waals surface area contributed by atoms with Crippen molar-refractivity contribution in [1.82, 2.24) is 14.9 Å². The van der Waals surface area contributed by atoms with Crippen molar-refractivity contribution in [2.45, 2.75) is 58.0 Å². The van der Waals surface area contributed by atoms with Crippen molar-refractivity contribution in [2.75, 3.05) is 44.8 Å². The lowest BCUT2D eigenvalue weighted by atomic mass is 9.72. The quantitative estimate of drug-likeness (QED) is 0.341. The number of methoxy groups -OCH3 is 1. The van der Waals surface area contributed by atoms with Gasteiger partial charge in [-0.15, -0.1) is 0 Å². The van der Waals surface area contributed by atoms with Crippen molar-refractivity contribution in [3.8, 4) is 11.5 Å². The molecule has 2 saturated heterocycles. The van der Waals surface area contributed by atoms with E-state index in [0.29, 0.717) is 42.8 Å². The maximum Gasteiger partial charge on any atom is 0.224 e. The first-order chi connectivity index (χ1) is 17.9. The molecule has 0 unspecified atom stereocenters. The molecule has 0 radical (unpaired) electrons. The van der Waals surface area contributed by atoms with E-state index in [0.717, 1.165) is 11.4 Å². The molecule has 0 saturated carbocycles. The van der Waals surface area contributed by atoms with Crippen molar-refractivity contribution in [3.63, 3.8) is 0 Å². The summed E-state index contributed by atoms with van der Waals surface area (Å²) < 4.78 is 17.2. The van der Waals surface area contributed by atoms with Crippen molar-refractivity contribution in [3.05, 3.63) is 41.3 Å². The number of aliphatic hydroxyl groups excluding tert-OH is 1. The third-order valence-corrected chi connectivity index (χ3v) is 7.69. The maximum absolute atomic E-state index is 13.0. The average Bonchev–Trinajstić information content (AvgIpc) is 3.19. The second-order valence-corrected chi connectivity index (χ2v) is 11.2. The zero-order chi connectivity index (χ0) is 27.7. The molecule has 3 heterocycles. The Morgan fingerprint density at radius 2 is 1.97 bits per heavy atom. The second kappa shape index (κ2) is 11.2. The molecule has 2 aliphatic rings. The lowest BCUT2D eigenvalue weighted by Crippen LogP contribution is -2.54. The summed E-state index contributed by atoms with van der Waals surface area (Å²) >= 11 is 5.99. The Morgan fingerprint density at radius 1 is 1.24 bits per heavy atom. The number of likely N-dealkylation sites (tertiary alicyclic amines) is 1. The van der Waals surface area contributed by atoms with Gasteiger partial charge in [-0.25, -0.2) is 9.97 Å². The number of aliphatic hydroxyl groups is 2. The number of hydrogen-bond acceptors (Lipinski definition) is 9. The molecule has 0 bridgehead atoms. The molecule has 3 atom stereocenters. The molecule has 0 aliphatic carbocycles. The zero-order valence-corrected chi connectivity index (χ0v) is 23.3. The highest BCUT2D eigenvalue weighted by molar-refractivity contribution is 6.29. The summed E-state index contributed by atoms with van der Waals surface area (Å²) in [5.41, 5.74) is 0.407. The van der Waals surface area contributed by atoms with Crippen molar-refractivity contribution in [1.29, 1.82) is 0 Å². The molecule has 2 aromatic rings. The number of rotatable bonds is 10. The largest absolute Gasteiger partial charge is 0.493 e. The van der Waals surface area contributed by atoms with Crippen LogP contribution < -0.4 is 14.4 Å². The molecule has 2 N–H and O–H groups in total. The topological polar surface area (TPSA) is 117 Å². The molecule has 11 heteroatoms. The fraction of sp³-hybridized carbons (Fsp3) is 0.593. The Balaban J connectivity index is 1.47. The summed E-state index contributed by atoms with van der Waals surface area (Å²) in [5.74, 6) is 0.504. The van der Waals surface area contributed by atoms with Crippen LogP contribution in [0.1, 0.15) is 45.6 Å². The molecule has 1 aromatic heterocycles. The molecule has 2 aliphatic heterocycles. The Hall–Kier alpha value is -2.66. The molecular weight excluding hydrogens is 512 g/mol. The Morgan fingerprint density at radius 3 is 2.61 bits per heavy atom. The monoisotopic (exact) mass is 548 g/mol. The first kappa shape index (κ1) is 28.4. The number of anilines is 1. The summed E-state index contributed by atoms with van der Waals surface area (Å²) in [6, 6.07) is 7.52. The minimum atomic E-state index is -1.29. The van der Waals surface area contributed by atoms with Gasteiger partial charge in [0.15, 0.2) is 17.3 Å². The van der Waals surface area contributed by atoms with Crippen LogP contribution in [0.3, 0.4) is 0 Å². The zero-order valence-electron chi connectivity index (χ0n) is 22.6. The van der Waals surface area contributed by atoms with Crippen LogP contribution in [-0.2, 0) is 9.53 Å². The van der Waals surface area contributed by atoms with E-state index < -0.39 is 17.3 Å². The van der Waals surface area contributed by atoms with Crippen LogP contribution in [0.5, 0.6) is 11.5 Å². The van der Waals surface area contributed by atoms with Gasteiger partial charge in [0.25, 0.3) is 0 Å².